The highest BCUT2D eigenvalue weighted by Gasteiger charge is 2.00. The smallest absolute Gasteiger partial charge is 0.0308 e. The average Bonchev–Trinajstić information content (AvgIpc) is 2.38. The molecular formula is C16H20ClN. The summed E-state index contributed by atoms with van der Waals surface area (Å²) in [4.78, 5) is 0. The zero-order valence-corrected chi connectivity index (χ0v) is 11.6. The van der Waals surface area contributed by atoms with Crippen LogP contribution in [0.15, 0.2) is 42.5 Å². The molecule has 1 atom stereocenters. The van der Waals surface area contributed by atoms with Crippen LogP contribution in [0.2, 0.25) is 0 Å². The summed E-state index contributed by atoms with van der Waals surface area (Å²) in [6.45, 7) is 4.00. The highest BCUT2D eigenvalue weighted by Crippen LogP contribution is 2.18. The minimum atomic E-state index is 0.282. The van der Waals surface area contributed by atoms with Crippen molar-refractivity contribution in [2.45, 2.75) is 31.7 Å². The summed E-state index contributed by atoms with van der Waals surface area (Å²) in [5.41, 5.74) is 1.37. The second-order valence-electron chi connectivity index (χ2n) is 4.74. The lowest BCUT2D eigenvalue weighted by Crippen LogP contribution is -2.15. The van der Waals surface area contributed by atoms with Gasteiger partial charge in [-0.1, -0.05) is 42.5 Å². The summed E-state index contributed by atoms with van der Waals surface area (Å²) >= 11 is 5.92. The molecule has 1 unspecified atom stereocenters. The van der Waals surface area contributed by atoms with E-state index in [1.807, 2.05) is 6.92 Å². The molecule has 0 aliphatic heterocycles. The van der Waals surface area contributed by atoms with Crippen LogP contribution in [0.1, 0.15) is 25.3 Å². The van der Waals surface area contributed by atoms with Crippen LogP contribution in [0.5, 0.6) is 0 Å². The standard InChI is InChI=1S/C16H20ClN/c1-13(17)6-5-11-18-12-15-9-4-8-14-7-2-3-10-16(14)15/h2-4,7-10,13,18H,5-6,11-12H2,1H3. The Hall–Kier alpha value is -1.05. The molecule has 0 heterocycles. The third kappa shape index (κ3) is 3.72. The molecule has 2 aromatic rings. The van der Waals surface area contributed by atoms with Crippen LogP contribution in [-0.4, -0.2) is 11.9 Å². The molecule has 0 saturated carbocycles. The Bertz CT molecular complexity index is 488. The molecule has 0 fully saturated rings. The molecule has 18 heavy (non-hydrogen) atoms. The molecule has 0 aromatic heterocycles. The van der Waals surface area contributed by atoms with E-state index in [1.54, 1.807) is 0 Å². The van der Waals surface area contributed by atoms with Gasteiger partial charge in [-0.3, -0.25) is 0 Å². The van der Waals surface area contributed by atoms with Crippen molar-refractivity contribution in [2.24, 2.45) is 0 Å². The van der Waals surface area contributed by atoms with Gasteiger partial charge in [0.1, 0.15) is 0 Å². The lowest BCUT2D eigenvalue weighted by molar-refractivity contribution is 0.621. The van der Waals surface area contributed by atoms with Crippen LogP contribution >= 0.6 is 11.6 Å². The number of benzene rings is 2. The quantitative estimate of drug-likeness (QED) is 0.603. The van der Waals surface area contributed by atoms with Gasteiger partial charge in [-0.15, -0.1) is 11.6 Å². The molecule has 2 rings (SSSR count). The van der Waals surface area contributed by atoms with Gasteiger partial charge >= 0.3 is 0 Å². The minimum Gasteiger partial charge on any atom is -0.313 e. The van der Waals surface area contributed by atoms with Crippen LogP contribution in [0.4, 0.5) is 0 Å². The van der Waals surface area contributed by atoms with E-state index in [1.165, 1.54) is 16.3 Å². The van der Waals surface area contributed by atoms with Crippen molar-refractivity contribution < 1.29 is 0 Å². The van der Waals surface area contributed by atoms with Crippen molar-refractivity contribution in [1.82, 2.24) is 5.32 Å². The molecule has 0 aliphatic rings. The van der Waals surface area contributed by atoms with Crippen LogP contribution in [0, 0.1) is 0 Å². The van der Waals surface area contributed by atoms with E-state index in [0.29, 0.717) is 0 Å². The Morgan fingerprint density at radius 3 is 2.72 bits per heavy atom. The van der Waals surface area contributed by atoms with Crippen molar-refractivity contribution >= 4 is 22.4 Å². The fourth-order valence-corrected chi connectivity index (χ4v) is 2.33. The summed E-state index contributed by atoms with van der Waals surface area (Å²) in [5.74, 6) is 0. The zero-order chi connectivity index (χ0) is 12.8. The Morgan fingerprint density at radius 2 is 1.89 bits per heavy atom. The molecule has 0 radical (unpaired) electrons. The summed E-state index contributed by atoms with van der Waals surface area (Å²) in [7, 11) is 0. The fourth-order valence-electron chi connectivity index (χ4n) is 2.18. The van der Waals surface area contributed by atoms with Gasteiger partial charge in [0.2, 0.25) is 0 Å². The lowest BCUT2D eigenvalue weighted by atomic mass is 10.0. The maximum atomic E-state index is 5.92. The highest BCUT2D eigenvalue weighted by atomic mass is 35.5. The van der Waals surface area contributed by atoms with Gasteiger partial charge in [-0.25, -0.2) is 0 Å². The first-order valence-corrected chi connectivity index (χ1v) is 7.02. The van der Waals surface area contributed by atoms with Gasteiger partial charge < -0.3 is 5.32 Å². The lowest BCUT2D eigenvalue weighted by Gasteiger charge is -2.08. The Morgan fingerprint density at radius 1 is 1.11 bits per heavy atom. The van der Waals surface area contributed by atoms with Gasteiger partial charge in [0, 0.05) is 11.9 Å². The maximum Gasteiger partial charge on any atom is 0.0308 e. The molecule has 2 heteroatoms. The minimum absolute atomic E-state index is 0.282. The molecule has 0 aliphatic carbocycles. The predicted molar refractivity (Wildman–Crippen MR) is 80.2 cm³/mol. The number of halogens is 1. The van der Waals surface area contributed by atoms with E-state index >= 15 is 0 Å². The van der Waals surface area contributed by atoms with Crippen molar-refractivity contribution in [3.8, 4) is 0 Å². The third-order valence-corrected chi connectivity index (χ3v) is 3.37. The van der Waals surface area contributed by atoms with Gasteiger partial charge in [0.05, 0.1) is 0 Å². The first-order chi connectivity index (χ1) is 8.77. The van der Waals surface area contributed by atoms with Gasteiger partial charge in [0.15, 0.2) is 0 Å². The molecule has 96 valence electrons. The van der Waals surface area contributed by atoms with Gasteiger partial charge in [-0.05, 0) is 42.6 Å². The largest absolute Gasteiger partial charge is 0.313 e. The molecule has 2 aromatic carbocycles. The van der Waals surface area contributed by atoms with Crippen LogP contribution < -0.4 is 5.32 Å². The Balaban J connectivity index is 1.91. The van der Waals surface area contributed by atoms with E-state index in [0.717, 1.165) is 25.9 Å². The van der Waals surface area contributed by atoms with Crippen LogP contribution in [0.3, 0.4) is 0 Å². The molecule has 0 saturated heterocycles. The normalized spacial score (nSPS) is 12.8. The first kappa shape index (κ1) is 13.4. The first-order valence-electron chi connectivity index (χ1n) is 6.59. The van der Waals surface area contributed by atoms with Crippen LogP contribution in [0.25, 0.3) is 10.8 Å². The molecular weight excluding hydrogens is 242 g/mol. The predicted octanol–water partition coefficient (Wildman–Crippen LogP) is 4.34. The Labute approximate surface area is 114 Å². The molecule has 1 nitrogen and oxygen atoms in total. The number of alkyl halides is 1. The van der Waals surface area contributed by atoms with E-state index in [-0.39, 0.29) is 5.38 Å². The Kier molecular flexibility index (Phi) is 5.03. The molecule has 0 spiro atoms. The van der Waals surface area contributed by atoms with Crippen molar-refractivity contribution in [2.75, 3.05) is 6.54 Å². The van der Waals surface area contributed by atoms with E-state index in [4.69, 9.17) is 11.6 Å². The van der Waals surface area contributed by atoms with Crippen molar-refractivity contribution in [3.63, 3.8) is 0 Å². The van der Waals surface area contributed by atoms with E-state index in [2.05, 4.69) is 47.8 Å². The molecule has 1 N–H and O–H groups in total. The zero-order valence-electron chi connectivity index (χ0n) is 10.8. The molecule has 0 bridgehead atoms. The van der Waals surface area contributed by atoms with Gasteiger partial charge in [0.25, 0.3) is 0 Å². The topological polar surface area (TPSA) is 12.0 Å². The van der Waals surface area contributed by atoms with Crippen molar-refractivity contribution in [1.29, 1.82) is 0 Å². The van der Waals surface area contributed by atoms with Crippen molar-refractivity contribution in [3.05, 3.63) is 48.0 Å². The second kappa shape index (κ2) is 6.77. The second-order valence-corrected chi connectivity index (χ2v) is 5.48. The van der Waals surface area contributed by atoms with Gasteiger partial charge in [-0.2, -0.15) is 0 Å². The third-order valence-electron chi connectivity index (χ3n) is 3.15. The number of hydrogen-bond donors (Lipinski definition) is 1. The summed E-state index contributed by atoms with van der Waals surface area (Å²) in [5, 5.41) is 6.43. The number of rotatable bonds is 6. The maximum absolute atomic E-state index is 5.92. The SMILES string of the molecule is CC(Cl)CCCNCc1cccc2ccccc12. The highest BCUT2D eigenvalue weighted by molar-refractivity contribution is 6.20. The number of hydrogen-bond acceptors (Lipinski definition) is 1. The monoisotopic (exact) mass is 261 g/mol. The average molecular weight is 262 g/mol. The van der Waals surface area contributed by atoms with E-state index in [9.17, 15) is 0 Å². The summed E-state index contributed by atoms with van der Waals surface area (Å²) < 4.78 is 0. The van der Waals surface area contributed by atoms with Crippen LogP contribution in [-0.2, 0) is 6.54 Å². The number of fused-ring (bicyclic) bond motifs is 1. The summed E-state index contributed by atoms with van der Waals surface area (Å²) in [6, 6.07) is 15.0. The summed E-state index contributed by atoms with van der Waals surface area (Å²) in [6.07, 6.45) is 2.21. The molecule has 0 amide bonds. The fraction of sp³-hybridized carbons (Fsp3) is 0.375. The van der Waals surface area contributed by atoms with E-state index < -0.39 is 0 Å². The number of nitrogens with one attached hydrogen (secondary N) is 1.